The van der Waals surface area contributed by atoms with Crippen molar-refractivity contribution in [2.24, 2.45) is 10.9 Å². The number of phenols is 1. The van der Waals surface area contributed by atoms with Gasteiger partial charge in [0.15, 0.2) is 0 Å². The Labute approximate surface area is 138 Å². The van der Waals surface area contributed by atoms with E-state index in [0.717, 1.165) is 29.8 Å². The van der Waals surface area contributed by atoms with Gasteiger partial charge in [0.2, 0.25) is 0 Å². The van der Waals surface area contributed by atoms with Gasteiger partial charge in [-0.05, 0) is 48.9 Å². The average molecular weight is 331 g/mol. The van der Waals surface area contributed by atoms with Crippen molar-refractivity contribution in [2.75, 3.05) is 0 Å². The zero-order valence-electron chi connectivity index (χ0n) is 12.1. The summed E-state index contributed by atoms with van der Waals surface area (Å²) >= 11 is 7.52. The van der Waals surface area contributed by atoms with Crippen LogP contribution in [0.25, 0.3) is 0 Å². The quantitative estimate of drug-likeness (QED) is 0.800. The van der Waals surface area contributed by atoms with Gasteiger partial charge in [-0.15, -0.1) is 11.3 Å². The van der Waals surface area contributed by atoms with Crippen LogP contribution in [0.15, 0.2) is 23.2 Å². The molecule has 0 aliphatic heterocycles. The van der Waals surface area contributed by atoms with Crippen molar-refractivity contribution >= 4 is 34.2 Å². The number of hydrogen-bond donors (Lipinski definition) is 1. The lowest BCUT2D eigenvalue weighted by molar-refractivity contribution is 0.474. The van der Waals surface area contributed by atoms with Crippen molar-refractivity contribution in [3.63, 3.8) is 0 Å². The smallest absolute Gasteiger partial charge is 0.134 e. The van der Waals surface area contributed by atoms with Gasteiger partial charge >= 0.3 is 0 Å². The first-order valence-electron chi connectivity index (χ1n) is 7.15. The molecule has 0 radical (unpaired) electrons. The Hall–Kier alpha value is -1.83. The third-order valence-electron chi connectivity index (χ3n) is 3.92. The van der Waals surface area contributed by atoms with Crippen LogP contribution in [0, 0.1) is 17.2 Å². The number of aliphatic imine (C=N–C) groups is 1. The molecular formula is C17H15ClN2OS. The fourth-order valence-corrected chi connectivity index (χ4v) is 4.18. The Morgan fingerprint density at radius 1 is 1.50 bits per heavy atom. The molecule has 0 bridgehead atoms. The number of thiophene rings is 1. The molecule has 3 rings (SSSR count). The minimum absolute atomic E-state index is 0.126. The van der Waals surface area contributed by atoms with Gasteiger partial charge in [-0.2, -0.15) is 5.26 Å². The molecule has 112 valence electrons. The molecule has 0 fully saturated rings. The number of halogens is 1. The molecule has 1 heterocycles. The highest BCUT2D eigenvalue weighted by atomic mass is 35.5. The van der Waals surface area contributed by atoms with Crippen molar-refractivity contribution in [1.82, 2.24) is 0 Å². The number of rotatable bonds is 2. The first-order chi connectivity index (χ1) is 10.6. The van der Waals surface area contributed by atoms with E-state index in [4.69, 9.17) is 11.6 Å². The molecule has 22 heavy (non-hydrogen) atoms. The lowest BCUT2D eigenvalue weighted by Gasteiger charge is -2.17. The van der Waals surface area contributed by atoms with Gasteiger partial charge in [0.05, 0.1) is 5.56 Å². The van der Waals surface area contributed by atoms with Crippen molar-refractivity contribution < 1.29 is 5.11 Å². The van der Waals surface area contributed by atoms with E-state index in [1.165, 1.54) is 10.9 Å². The SMILES string of the molecule is C[C@@H]1CCc2c(sc(/N=C/c3cc(Cl)ccc3O)c2C#N)C1. The van der Waals surface area contributed by atoms with E-state index in [-0.39, 0.29) is 5.75 Å². The van der Waals surface area contributed by atoms with E-state index in [9.17, 15) is 10.4 Å². The number of fused-ring (bicyclic) bond motifs is 1. The van der Waals surface area contributed by atoms with E-state index < -0.39 is 0 Å². The van der Waals surface area contributed by atoms with Gasteiger partial charge in [-0.3, -0.25) is 0 Å². The van der Waals surface area contributed by atoms with Crippen LogP contribution < -0.4 is 0 Å². The summed E-state index contributed by atoms with van der Waals surface area (Å²) in [6, 6.07) is 7.11. The first-order valence-corrected chi connectivity index (χ1v) is 8.35. The van der Waals surface area contributed by atoms with Crippen molar-refractivity contribution in [3.8, 4) is 11.8 Å². The highest BCUT2D eigenvalue weighted by Crippen LogP contribution is 2.40. The molecule has 1 aliphatic rings. The Bertz CT molecular complexity index is 789. The summed E-state index contributed by atoms with van der Waals surface area (Å²) in [6.45, 7) is 2.24. The summed E-state index contributed by atoms with van der Waals surface area (Å²) in [5.41, 5.74) is 2.40. The second-order valence-corrected chi connectivity index (χ2v) is 7.13. The van der Waals surface area contributed by atoms with Gasteiger partial charge in [-0.25, -0.2) is 4.99 Å². The molecule has 0 unspecified atom stereocenters. The summed E-state index contributed by atoms with van der Waals surface area (Å²) in [6.07, 6.45) is 4.67. The standard InChI is InChI=1S/C17H15ClN2OS/c1-10-2-4-13-14(8-19)17(22-16(13)6-10)20-9-11-7-12(18)3-5-15(11)21/h3,5,7,9-10,21H,2,4,6H2,1H3/b20-9+/t10-/m1/s1. The number of nitriles is 1. The lowest BCUT2D eigenvalue weighted by Crippen LogP contribution is -2.09. The molecule has 1 aromatic carbocycles. The zero-order chi connectivity index (χ0) is 15.7. The van der Waals surface area contributed by atoms with Crippen LogP contribution in [0.4, 0.5) is 5.00 Å². The van der Waals surface area contributed by atoms with Crippen LogP contribution in [0.3, 0.4) is 0 Å². The number of phenolic OH excluding ortho intramolecular Hbond substituents is 1. The van der Waals surface area contributed by atoms with Crippen LogP contribution >= 0.6 is 22.9 Å². The van der Waals surface area contributed by atoms with Crippen LogP contribution in [-0.4, -0.2) is 11.3 Å². The monoisotopic (exact) mass is 330 g/mol. The molecule has 0 saturated carbocycles. The van der Waals surface area contributed by atoms with Gasteiger partial charge < -0.3 is 5.11 Å². The lowest BCUT2D eigenvalue weighted by atomic mass is 9.89. The molecule has 0 saturated heterocycles. The number of hydrogen-bond acceptors (Lipinski definition) is 4. The molecule has 3 nitrogen and oxygen atoms in total. The maximum atomic E-state index is 9.82. The zero-order valence-corrected chi connectivity index (χ0v) is 13.7. The Morgan fingerprint density at radius 2 is 2.32 bits per heavy atom. The van der Waals surface area contributed by atoms with Crippen LogP contribution in [-0.2, 0) is 12.8 Å². The maximum absolute atomic E-state index is 9.82. The Morgan fingerprint density at radius 3 is 3.09 bits per heavy atom. The molecule has 5 heteroatoms. The maximum Gasteiger partial charge on any atom is 0.134 e. The van der Waals surface area contributed by atoms with Crippen LogP contribution in [0.2, 0.25) is 5.02 Å². The number of nitrogens with zero attached hydrogens (tertiary/aromatic N) is 2. The van der Waals surface area contributed by atoms with Gasteiger partial charge in [-0.1, -0.05) is 18.5 Å². The van der Waals surface area contributed by atoms with Crippen molar-refractivity contribution in [1.29, 1.82) is 5.26 Å². The summed E-state index contributed by atoms with van der Waals surface area (Å²) in [5.74, 6) is 0.785. The van der Waals surface area contributed by atoms with Crippen molar-refractivity contribution in [3.05, 3.63) is 44.8 Å². The van der Waals surface area contributed by atoms with E-state index in [1.807, 2.05) is 0 Å². The summed E-state index contributed by atoms with van der Waals surface area (Å²) in [7, 11) is 0. The topological polar surface area (TPSA) is 56.4 Å². The summed E-state index contributed by atoms with van der Waals surface area (Å²) in [5, 5.41) is 20.5. The molecule has 0 amide bonds. The minimum Gasteiger partial charge on any atom is -0.507 e. The normalized spacial score (nSPS) is 17.4. The predicted molar refractivity (Wildman–Crippen MR) is 90.6 cm³/mol. The summed E-state index contributed by atoms with van der Waals surface area (Å²) < 4.78 is 0. The van der Waals surface area contributed by atoms with Crippen LogP contribution in [0.1, 0.15) is 34.9 Å². The molecule has 1 N–H and O–H groups in total. The molecule has 1 atom stereocenters. The molecular weight excluding hydrogens is 316 g/mol. The third-order valence-corrected chi connectivity index (χ3v) is 5.31. The van der Waals surface area contributed by atoms with Gasteiger partial charge in [0.1, 0.15) is 16.8 Å². The third kappa shape index (κ3) is 2.87. The second-order valence-electron chi connectivity index (χ2n) is 5.61. The highest BCUT2D eigenvalue weighted by Gasteiger charge is 2.23. The molecule has 0 spiro atoms. The predicted octanol–water partition coefficient (Wildman–Crippen LogP) is 4.85. The van der Waals surface area contributed by atoms with E-state index in [2.05, 4.69) is 18.0 Å². The largest absolute Gasteiger partial charge is 0.507 e. The Balaban J connectivity index is 1.97. The number of benzene rings is 1. The van der Waals surface area contributed by atoms with Crippen LogP contribution in [0.5, 0.6) is 5.75 Å². The van der Waals surface area contributed by atoms with Gasteiger partial charge in [0.25, 0.3) is 0 Å². The molecule has 2 aromatic rings. The minimum atomic E-state index is 0.126. The van der Waals surface area contributed by atoms with E-state index in [1.54, 1.807) is 29.7 Å². The molecule has 1 aromatic heterocycles. The number of aromatic hydroxyl groups is 1. The first kappa shape index (κ1) is 15.1. The van der Waals surface area contributed by atoms with E-state index in [0.29, 0.717) is 22.1 Å². The average Bonchev–Trinajstić information content (AvgIpc) is 2.84. The molecule has 1 aliphatic carbocycles. The van der Waals surface area contributed by atoms with Crippen molar-refractivity contribution in [2.45, 2.75) is 26.2 Å². The highest BCUT2D eigenvalue weighted by molar-refractivity contribution is 7.16. The fourth-order valence-electron chi connectivity index (χ4n) is 2.70. The fraction of sp³-hybridized carbons (Fsp3) is 0.294. The Kier molecular flexibility index (Phi) is 4.19. The van der Waals surface area contributed by atoms with E-state index >= 15 is 0 Å². The van der Waals surface area contributed by atoms with Gasteiger partial charge in [0, 0.05) is 21.7 Å². The summed E-state index contributed by atoms with van der Waals surface area (Å²) in [4.78, 5) is 5.71. The second kappa shape index (κ2) is 6.12.